The van der Waals surface area contributed by atoms with Crippen molar-refractivity contribution in [3.05, 3.63) is 53.3 Å². The Labute approximate surface area is 126 Å². The van der Waals surface area contributed by atoms with Gasteiger partial charge in [-0.15, -0.1) is 11.8 Å². The number of sulfonamides is 1. The van der Waals surface area contributed by atoms with Gasteiger partial charge in [-0.25, -0.2) is 12.8 Å². The molecular weight excluding hydrogens is 321 g/mol. The second-order valence-electron chi connectivity index (χ2n) is 3.88. The summed E-state index contributed by atoms with van der Waals surface area (Å²) in [7, 11) is -3.80. The molecule has 7 heteroatoms. The maximum atomic E-state index is 13.1. The topological polar surface area (TPSA) is 46.2 Å². The van der Waals surface area contributed by atoms with Crippen molar-refractivity contribution in [3.8, 4) is 0 Å². The van der Waals surface area contributed by atoms with Gasteiger partial charge in [-0.1, -0.05) is 23.7 Å². The first-order valence-corrected chi connectivity index (χ1v) is 8.63. The number of halogens is 2. The molecule has 106 valence electrons. The van der Waals surface area contributed by atoms with E-state index in [4.69, 9.17) is 11.6 Å². The lowest BCUT2D eigenvalue weighted by atomic mass is 10.3. The Hall–Kier alpha value is -1.24. The van der Waals surface area contributed by atoms with Crippen molar-refractivity contribution in [1.29, 1.82) is 0 Å². The zero-order valence-electron chi connectivity index (χ0n) is 10.4. The fourth-order valence-electron chi connectivity index (χ4n) is 1.58. The smallest absolute Gasteiger partial charge is 0.261 e. The summed E-state index contributed by atoms with van der Waals surface area (Å²) in [6.07, 6.45) is 1.85. The standard InChI is InChI=1S/C13H11ClFNO2S2/c1-19-13-5-3-2-4-12(13)16-20(17,18)9-6-7-11(15)10(14)8-9/h2-8,16H,1H3. The second-order valence-corrected chi connectivity index (χ2v) is 6.82. The van der Waals surface area contributed by atoms with Crippen molar-refractivity contribution in [1.82, 2.24) is 0 Å². The van der Waals surface area contributed by atoms with Crippen LogP contribution in [-0.4, -0.2) is 14.7 Å². The van der Waals surface area contributed by atoms with Crippen LogP contribution in [0.4, 0.5) is 10.1 Å². The molecular formula is C13H11ClFNO2S2. The lowest BCUT2D eigenvalue weighted by Crippen LogP contribution is -2.13. The third-order valence-electron chi connectivity index (χ3n) is 2.55. The van der Waals surface area contributed by atoms with E-state index in [-0.39, 0.29) is 9.92 Å². The van der Waals surface area contributed by atoms with E-state index in [0.717, 1.165) is 17.0 Å². The Morgan fingerprint density at radius 3 is 2.55 bits per heavy atom. The molecule has 0 aliphatic rings. The molecule has 0 aliphatic carbocycles. The van der Waals surface area contributed by atoms with E-state index in [1.807, 2.05) is 12.3 Å². The quantitative estimate of drug-likeness (QED) is 0.861. The highest BCUT2D eigenvalue weighted by Gasteiger charge is 2.17. The number of para-hydroxylation sites is 1. The van der Waals surface area contributed by atoms with Crippen LogP contribution < -0.4 is 4.72 Å². The molecule has 0 unspecified atom stereocenters. The van der Waals surface area contributed by atoms with Gasteiger partial charge < -0.3 is 0 Å². The van der Waals surface area contributed by atoms with Crippen molar-refractivity contribution < 1.29 is 12.8 Å². The molecule has 0 amide bonds. The van der Waals surface area contributed by atoms with Crippen LogP contribution in [0.15, 0.2) is 52.3 Å². The van der Waals surface area contributed by atoms with E-state index >= 15 is 0 Å². The van der Waals surface area contributed by atoms with E-state index in [1.54, 1.807) is 18.2 Å². The first-order chi connectivity index (χ1) is 9.44. The lowest BCUT2D eigenvalue weighted by molar-refractivity contribution is 0.599. The van der Waals surface area contributed by atoms with Crippen molar-refractivity contribution in [2.45, 2.75) is 9.79 Å². The van der Waals surface area contributed by atoms with Crippen molar-refractivity contribution >= 4 is 39.1 Å². The van der Waals surface area contributed by atoms with Crippen molar-refractivity contribution in [3.63, 3.8) is 0 Å². The summed E-state index contributed by atoms with van der Waals surface area (Å²) < 4.78 is 40.0. The van der Waals surface area contributed by atoms with E-state index in [9.17, 15) is 12.8 Å². The molecule has 0 fully saturated rings. The minimum Gasteiger partial charge on any atom is -0.278 e. The summed E-state index contributed by atoms with van der Waals surface area (Å²) in [5.41, 5.74) is 0.473. The van der Waals surface area contributed by atoms with Gasteiger partial charge in [-0.3, -0.25) is 4.72 Å². The van der Waals surface area contributed by atoms with Gasteiger partial charge in [0.2, 0.25) is 0 Å². The van der Waals surface area contributed by atoms with Crippen molar-refractivity contribution in [2.24, 2.45) is 0 Å². The Bertz CT molecular complexity index is 735. The highest BCUT2D eigenvalue weighted by atomic mass is 35.5. The van der Waals surface area contributed by atoms with Gasteiger partial charge >= 0.3 is 0 Å². The van der Waals surface area contributed by atoms with Gasteiger partial charge in [0.25, 0.3) is 10.0 Å². The molecule has 0 spiro atoms. The normalized spacial score (nSPS) is 11.3. The first-order valence-electron chi connectivity index (χ1n) is 5.55. The van der Waals surface area contributed by atoms with Gasteiger partial charge in [0.05, 0.1) is 15.6 Å². The van der Waals surface area contributed by atoms with E-state index in [0.29, 0.717) is 5.69 Å². The summed E-state index contributed by atoms with van der Waals surface area (Å²) in [6, 6.07) is 10.3. The maximum absolute atomic E-state index is 13.1. The maximum Gasteiger partial charge on any atom is 0.261 e. The molecule has 0 heterocycles. The van der Waals surface area contributed by atoms with Gasteiger partial charge in [0.1, 0.15) is 5.82 Å². The summed E-state index contributed by atoms with van der Waals surface area (Å²) in [5, 5.41) is -0.231. The summed E-state index contributed by atoms with van der Waals surface area (Å²) in [4.78, 5) is 0.712. The molecule has 0 saturated heterocycles. The molecule has 0 aliphatic heterocycles. The molecule has 0 bridgehead atoms. The van der Waals surface area contributed by atoms with Gasteiger partial charge in [0, 0.05) is 4.90 Å². The largest absolute Gasteiger partial charge is 0.278 e. The number of rotatable bonds is 4. The molecule has 2 aromatic rings. The number of hydrogen-bond donors (Lipinski definition) is 1. The molecule has 0 saturated carbocycles. The Morgan fingerprint density at radius 1 is 1.20 bits per heavy atom. The Kier molecular flexibility index (Phi) is 4.57. The summed E-state index contributed by atoms with van der Waals surface area (Å²) in [6.45, 7) is 0. The van der Waals surface area contributed by atoms with Crippen LogP contribution in [0.3, 0.4) is 0 Å². The van der Waals surface area contributed by atoms with Crippen LogP contribution in [0.25, 0.3) is 0 Å². The third-order valence-corrected chi connectivity index (χ3v) is 5.00. The molecule has 3 nitrogen and oxygen atoms in total. The van der Waals surface area contributed by atoms with Crippen LogP contribution in [-0.2, 0) is 10.0 Å². The van der Waals surface area contributed by atoms with Crippen molar-refractivity contribution in [2.75, 3.05) is 11.0 Å². The van der Waals surface area contributed by atoms with E-state index < -0.39 is 15.8 Å². The van der Waals surface area contributed by atoms with Crippen LogP contribution in [0.2, 0.25) is 5.02 Å². The summed E-state index contributed by atoms with van der Waals surface area (Å²) >= 11 is 7.03. The van der Waals surface area contributed by atoms with Gasteiger partial charge in [-0.05, 0) is 36.6 Å². The predicted octanol–water partition coefficient (Wildman–Crippen LogP) is 4.00. The molecule has 1 N–H and O–H groups in total. The number of anilines is 1. The average Bonchev–Trinajstić information content (AvgIpc) is 2.42. The molecule has 0 radical (unpaired) electrons. The van der Waals surface area contributed by atoms with Crippen LogP contribution in [0.1, 0.15) is 0 Å². The number of nitrogens with one attached hydrogen (secondary N) is 1. The molecule has 2 rings (SSSR count). The highest BCUT2D eigenvalue weighted by Crippen LogP contribution is 2.28. The first kappa shape index (κ1) is 15.2. The number of thioether (sulfide) groups is 1. The van der Waals surface area contributed by atoms with Crippen LogP contribution in [0.5, 0.6) is 0 Å². The molecule has 0 aromatic heterocycles. The lowest BCUT2D eigenvalue weighted by Gasteiger charge is -2.11. The number of benzene rings is 2. The highest BCUT2D eigenvalue weighted by molar-refractivity contribution is 7.99. The van der Waals surface area contributed by atoms with Crippen LogP contribution in [0, 0.1) is 5.82 Å². The van der Waals surface area contributed by atoms with Gasteiger partial charge in [-0.2, -0.15) is 0 Å². The Balaban J connectivity index is 2.38. The zero-order valence-corrected chi connectivity index (χ0v) is 12.8. The molecule has 2 aromatic carbocycles. The number of hydrogen-bond acceptors (Lipinski definition) is 3. The second kappa shape index (κ2) is 6.03. The Morgan fingerprint density at radius 2 is 1.90 bits per heavy atom. The average molecular weight is 332 g/mol. The van der Waals surface area contributed by atoms with E-state index in [1.165, 1.54) is 17.8 Å². The monoisotopic (exact) mass is 331 g/mol. The SMILES string of the molecule is CSc1ccccc1NS(=O)(=O)c1ccc(F)c(Cl)c1. The molecule has 20 heavy (non-hydrogen) atoms. The van der Waals surface area contributed by atoms with Gasteiger partial charge in [0.15, 0.2) is 0 Å². The summed E-state index contributed by atoms with van der Waals surface area (Å²) in [5.74, 6) is -0.657. The minimum absolute atomic E-state index is 0.0835. The third kappa shape index (κ3) is 3.26. The fraction of sp³-hybridized carbons (Fsp3) is 0.0769. The minimum atomic E-state index is -3.80. The van der Waals surface area contributed by atoms with E-state index in [2.05, 4.69) is 4.72 Å². The zero-order chi connectivity index (χ0) is 14.8. The molecule has 0 atom stereocenters. The predicted molar refractivity (Wildman–Crippen MR) is 80.4 cm³/mol. The fourth-order valence-corrected chi connectivity index (χ4v) is 3.55. The van der Waals surface area contributed by atoms with Crippen LogP contribution >= 0.6 is 23.4 Å².